The van der Waals surface area contributed by atoms with Gasteiger partial charge in [0.1, 0.15) is 11.9 Å². The Balaban J connectivity index is 2.43. The van der Waals surface area contributed by atoms with Crippen LogP contribution >= 0.6 is 15.9 Å². The van der Waals surface area contributed by atoms with Crippen LogP contribution in [0.1, 0.15) is 23.5 Å². The molecule has 86 valence electrons. The topological polar surface area (TPSA) is 63.3 Å². The van der Waals surface area contributed by atoms with E-state index >= 15 is 0 Å². The predicted molar refractivity (Wildman–Crippen MR) is 60.8 cm³/mol. The number of hydrogen-bond donors (Lipinski definition) is 2. The van der Waals surface area contributed by atoms with Crippen LogP contribution in [0.5, 0.6) is 0 Å². The number of carboxylic acid groups (broad SMARTS) is 1. The predicted octanol–water partition coefficient (Wildman–Crippen LogP) is 2.03. The lowest BCUT2D eigenvalue weighted by atomic mass is 9.94. The number of carboxylic acids is 1. The molecule has 0 bridgehead atoms. The van der Waals surface area contributed by atoms with E-state index in [2.05, 4.69) is 15.9 Å². The monoisotopic (exact) mass is 287 g/mol. The zero-order chi connectivity index (χ0) is 11.9. The number of fused-ring (bicyclic) bond motifs is 1. The second-order valence-electron chi connectivity index (χ2n) is 3.96. The standard InChI is InChI=1S/C11H11BrFNO2/c12-5-3-8-6(9(13)4-5)1-2-7(8)10(14)11(15)16/h3-4,7,10H,1-2,14H2,(H,15,16). The summed E-state index contributed by atoms with van der Waals surface area (Å²) in [7, 11) is 0. The molecule has 0 amide bonds. The van der Waals surface area contributed by atoms with Crippen LogP contribution < -0.4 is 5.73 Å². The molecule has 2 rings (SSSR count). The van der Waals surface area contributed by atoms with Gasteiger partial charge in [-0.15, -0.1) is 0 Å². The first-order valence-corrected chi connectivity index (χ1v) is 5.76. The number of carbonyl (C=O) groups is 1. The van der Waals surface area contributed by atoms with Gasteiger partial charge in [-0.05, 0) is 36.1 Å². The van der Waals surface area contributed by atoms with Gasteiger partial charge >= 0.3 is 5.97 Å². The van der Waals surface area contributed by atoms with Crippen molar-refractivity contribution in [3.05, 3.63) is 33.5 Å². The Kier molecular flexibility index (Phi) is 2.99. The molecule has 5 heteroatoms. The third-order valence-corrected chi connectivity index (χ3v) is 3.48. The van der Waals surface area contributed by atoms with Gasteiger partial charge in [-0.25, -0.2) is 4.39 Å². The molecule has 0 aromatic heterocycles. The van der Waals surface area contributed by atoms with E-state index in [0.29, 0.717) is 22.9 Å². The summed E-state index contributed by atoms with van der Waals surface area (Å²) in [6, 6.07) is 2.20. The number of hydrogen-bond acceptors (Lipinski definition) is 2. The molecule has 3 nitrogen and oxygen atoms in total. The van der Waals surface area contributed by atoms with Crippen LogP contribution in [0.3, 0.4) is 0 Å². The van der Waals surface area contributed by atoms with E-state index in [9.17, 15) is 9.18 Å². The molecular formula is C11H11BrFNO2. The molecule has 16 heavy (non-hydrogen) atoms. The van der Waals surface area contributed by atoms with Gasteiger partial charge in [0.05, 0.1) is 0 Å². The minimum atomic E-state index is -1.04. The number of aliphatic carboxylic acids is 1. The Morgan fingerprint density at radius 2 is 2.31 bits per heavy atom. The van der Waals surface area contributed by atoms with Crippen LogP contribution in [0.25, 0.3) is 0 Å². The molecule has 0 saturated heterocycles. The lowest BCUT2D eigenvalue weighted by Crippen LogP contribution is -2.35. The average molecular weight is 288 g/mol. The smallest absolute Gasteiger partial charge is 0.321 e. The molecule has 0 spiro atoms. The normalized spacial score (nSPS) is 20.6. The van der Waals surface area contributed by atoms with Gasteiger partial charge in [0.25, 0.3) is 0 Å². The second kappa shape index (κ2) is 4.14. The quantitative estimate of drug-likeness (QED) is 0.875. The minimum absolute atomic E-state index is 0.288. The molecule has 0 aliphatic heterocycles. The van der Waals surface area contributed by atoms with Gasteiger partial charge in [-0.1, -0.05) is 15.9 Å². The van der Waals surface area contributed by atoms with Gasteiger partial charge in [0.2, 0.25) is 0 Å². The zero-order valence-corrected chi connectivity index (χ0v) is 10.00. The summed E-state index contributed by atoms with van der Waals surface area (Å²) in [5, 5.41) is 8.88. The van der Waals surface area contributed by atoms with E-state index in [1.165, 1.54) is 6.07 Å². The first-order valence-electron chi connectivity index (χ1n) is 4.97. The van der Waals surface area contributed by atoms with E-state index in [1.807, 2.05) is 0 Å². The summed E-state index contributed by atoms with van der Waals surface area (Å²) in [5.41, 5.74) is 6.93. The fourth-order valence-electron chi connectivity index (χ4n) is 2.22. The molecular weight excluding hydrogens is 277 g/mol. The summed E-state index contributed by atoms with van der Waals surface area (Å²) in [5.74, 6) is -1.62. The highest BCUT2D eigenvalue weighted by Crippen LogP contribution is 2.38. The molecule has 0 fully saturated rings. The molecule has 0 heterocycles. The Hall–Kier alpha value is -0.940. The Morgan fingerprint density at radius 1 is 1.62 bits per heavy atom. The van der Waals surface area contributed by atoms with Crippen molar-refractivity contribution >= 4 is 21.9 Å². The number of nitrogens with two attached hydrogens (primary N) is 1. The van der Waals surface area contributed by atoms with Gasteiger partial charge in [-0.2, -0.15) is 0 Å². The van der Waals surface area contributed by atoms with E-state index in [-0.39, 0.29) is 11.7 Å². The van der Waals surface area contributed by atoms with Crippen LogP contribution in [0.2, 0.25) is 0 Å². The Bertz CT molecular complexity index is 450. The van der Waals surface area contributed by atoms with Gasteiger partial charge < -0.3 is 10.8 Å². The highest BCUT2D eigenvalue weighted by atomic mass is 79.9. The SMILES string of the molecule is NC(C(=O)O)C1CCc2c(F)cc(Br)cc21. The Morgan fingerprint density at radius 3 is 2.94 bits per heavy atom. The molecule has 0 radical (unpaired) electrons. The maximum absolute atomic E-state index is 13.6. The first kappa shape index (κ1) is 11.5. The molecule has 2 unspecified atom stereocenters. The van der Waals surface area contributed by atoms with E-state index in [1.54, 1.807) is 6.07 Å². The van der Waals surface area contributed by atoms with E-state index in [0.717, 1.165) is 5.56 Å². The summed E-state index contributed by atoms with van der Waals surface area (Å²) in [6.45, 7) is 0. The summed E-state index contributed by atoms with van der Waals surface area (Å²) < 4.78 is 14.2. The molecule has 1 aliphatic rings. The van der Waals surface area contributed by atoms with Crippen molar-refractivity contribution in [1.82, 2.24) is 0 Å². The molecule has 0 saturated carbocycles. The van der Waals surface area contributed by atoms with Gasteiger partial charge in [-0.3, -0.25) is 4.79 Å². The fraction of sp³-hybridized carbons (Fsp3) is 0.364. The highest BCUT2D eigenvalue weighted by molar-refractivity contribution is 9.10. The summed E-state index contributed by atoms with van der Waals surface area (Å²) in [6.07, 6.45) is 1.15. The number of halogens is 2. The van der Waals surface area contributed by atoms with Crippen LogP contribution in [0, 0.1) is 5.82 Å². The summed E-state index contributed by atoms with van der Waals surface area (Å²) >= 11 is 3.20. The van der Waals surface area contributed by atoms with Crippen LogP contribution in [-0.4, -0.2) is 17.1 Å². The largest absolute Gasteiger partial charge is 0.480 e. The highest BCUT2D eigenvalue weighted by Gasteiger charge is 2.33. The Labute approximate surface area is 101 Å². The van der Waals surface area contributed by atoms with E-state index in [4.69, 9.17) is 10.8 Å². The van der Waals surface area contributed by atoms with Gasteiger partial charge in [0, 0.05) is 10.4 Å². The minimum Gasteiger partial charge on any atom is -0.480 e. The molecule has 2 atom stereocenters. The zero-order valence-electron chi connectivity index (χ0n) is 8.41. The fourth-order valence-corrected chi connectivity index (χ4v) is 2.67. The third kappa shape index (κ3) is 1.85. The van der Waals surface area contributed by atoms with E-state index < -0.39 is 12.0 Å². The van der Waals surface area contributed by atoms with Crippen molar-refractivity contribution in [3.8, 4) is 0 Å². The molecule has 1 aromatic carbocycles. The average Bonchev–Trinajstić information content (AvgIpc) is 2.60. The first-order chi connectivity index (χ1) is 7.50. The van der Waals surface area contributed by atoms with Crippen molar-refractivity contribution in [2.45, 2.75) is 24.8 Å². The van der Waals surface area contributed by atoms with Crippen molar-refractivity contribution in [1.29, 1.82) is 0 Å². The van der Waals surface area contributed by atoms with Crippen molar-refractivity contribution in [2.75, 3.05) is 0 Å². The molecule has 1 aliphatic carbocycles. The van der Waals surface area contributed by atoms with Crippen LogP contribution in [-0.2, 0) is 11.2 Å². The lowest BCUT2D eigenvalue weighted by Gasteiger charge is -2.16. The van der Waals surface area contributed by atoms with Gasteiger partial charge in [0.15, 0.2) is 0 Å². The van der Waals surface area contributed by atoms with Crippen molar-refractivity contribution in [3.63, 3.8) is 0 Å². The molecule has 1 aromatic rings. The maximum Gasteiger partial charge on any atom is 0.321 e. The molecule has 3 N–H and O–H groups in total. The maximum atomic E-state index is 13.6. The third-order valence-electron chi connectivity index (χ3n) is 3.02. The second-order valence-corrected chi connectivity index (χ2v) is 4.88. The number of rotatable bonds is 2. The van der Waals surface area contributed by atoms with Crippen LogP contribution in [0.15, 0.2) is 16.6 Å². The number of benzene rings is 1. The summed E-state index contributed by atoms with van der Waals surface area (Å²) in [4.78, 5) is 10.8. The van der Waals surface area contributed by atoms with Crippen molar-refractivity contribution in [2.24, 2.45) is 5.73 Å². The van der Waals surface area contributed by atoms with Crippen LogP contribution in [0.4, 0.5) is 4.39 Å². The van der Waals surface area contributed by atoms with Crippen molar-refractivity contribution < 1.29 is 14.3 Å². The lowest BCUT2D eigenvalue weighted by molar-refractivity contribution is -0.139.